The van der Waals surface area contributed by atoms with Crippen molar-refractivity contribution in [1.29, 1.82) is 0 Å². The van der Waals surface area contributed by atoms with Crippen molar-refractivity contribution < 1.29 is 33.2 Å². The van der Waals surface area contributed by atoms with Crippen molar-refractivity contribution in [2.75, 3.05) is 101 Å². The highest BCUT2D eigenvalue weighted by atomic mass is 32.1. The average Bonchev–Trinajstić information content (AvgIpc) is 3.68. The summed E-state index contributed by atoms with van der Waals surface area (Å²) in [7, 11) is 3.27. The molecule has 2 aromatic carbocycles. The summed E-state index contributed by atoms with van der Waals surface area (Å²) in [6.07, 6.45) is 0.865. The number of aromatic nitrogens is 2. The topological polar surface area (TPSA) is 143 Å². The van der Waals surface area contributed by atoms with Gasteiger partial charge < -0.3 is 44.0 Å². The summed E-state index contributed by atoms with van der Waals surface area (Å²) in [5.41, 5.74) is 9.67. The molecule has 7 rings (SSSR count). The van der Waals surface area contributed by atoms with Crippen LogP contribution in [-0.4, -0.2) is 102 Å². The number of benzene rings is 2. The molecule has 3 saturated heterocycles. The van der Waals surface area contributed by atoms with Gasteiger partial charge in [0.2, 0.25) is 0 Å². The Morgan fingerprint density at radius 1 is 0.800 bits per heavy atom. The molecular formula is C30H38N6O7S2. The maximum atomic E-state index is 12.2. The number of thiazole rings is 2. The Morgan fingerprint density at radius 2 is 1.31 bits per heavy atom. The van der Waals surface area contributed by atoms with Crippen molar-refractivity contribution in [3.63, 3.8) is 0 Å². The number of ether oxygens (including phenoxy) is 6. The van der Waals surface area contributed by atoms with Crippen LogP contribution in [0.4, 0.5) is 26.4 Å². The number of amides is 1. The summed E-state index contributed by atoms with van der Waals surface area (Å²) < 4.78 is 34.4. The zero-order valence-corrected chi connectivity index (χ0v) is 27.0. The van der Waals surface area contributed by atoms with Crippen LogP contribution in [0.25, 0.3) is 20.4 Å². The highest BCUT2D eigenvalue weighted by Crippen LogP contribution is 2.40. The molecule has 0 atom stereocenters. The minimum absolute atomic E-state index is 0.105. The standard InChI is InChI=1S/C18H23N3O5S.C12H15N3O2S/c1-23-14-3-2-13(21-6-10-25-11-7-21)16-15(14)19-17(27-16)20-18(22)26-12-4-8-24-9-5-12;1-16-9-3-2-8(15-4-6-17-7-5-15)11-10(9)14-12(13)18-11/h2-3,12H,4-11H2,1H3,(H,19,20,22);2-3H,4-7H2,1H3,(H2,13,14). The molecule has 1 amide bonds. The molecule has 0 saturated carbocycles. The molecule has 13 nitrogen and oxygen atoms in total. The van der Waals surface area contributed by atoms with Gasteiger partial charge in [0.1, 0.15) is 28.6 Å². The first-order chi connectivity index (χ1) is 22.0. The number of nitrogens with zero attached hydrogens (tertiary/aromatic N) is 4. The van der Waals surface area contributed by atoms with E-state index in [9.17, 15) is 4.79 Å². The fraction of sp³-hybridized carbons (Fsp3) is 0.500. The van der Waals surface area contributed by atoms with Crippen molar-refractivity contribution >= 4 is 70.8 Å². The molecule has 242 valence electrons. The van der Waals surface area contributed by atoms with Crippen molar-refractivity contribution in [1.82, 2.24) is 9.97 Å². The smallest absolute Gasteiger partial charge is 0.413 e. The summed E-state index contributed by atoms with van der Waals surface area (Å²) in [4.78, 5) is 25.7. The van der Waals surface area contributed by atoms with Crippen LogP contribution in [-0.2, 0) is 18.9 Å². The minimum Gasteiger partial charge on any atom is -0.494 e. The van der Waals surface area contributed by atoms with Crippen LogP contribution in [0.15, 0.2) is 24.3 Å². The lowest BCUT2D eigenvalue weighted by Crippen LogP contribution is -2.36. The third-order valence-corrected chi connectivity index (χ3v) is 9.68. The van der Waals surface area contributed by atoms with Gasteiger partial charge in [0, 0.05) is 39.0 Å². The first kappa shape index (κ1) is 31.4. The number of carbonyl (C=O) groups excluding carboxylic acids is 1. The Hall–Kier alpha value is -3.63. The number of carbonyl (C=O) groups is 1. The molecule has 2 aromatic heterocycles. The van der Waals surface area contributed by atoms with Crippen molar-refractivity contribution in [2.45, 2.75) is 18.9 Å². The quantitative estimate of drug-likeness (QED) is 0.299. The van der Waals surface area contributed by atoms with E-state index in [1.54, 1.807) is 14.2 Å². The van der Waals surface area contributed by atoms with Gasteiger partial charge in [0.05, 0.1) is 74.6 Å². The van der Waals surface area contributed by atoms with Crippen LogP contribution in [0.2, 0.25) is 0 Å². The third-order valence-electron chi connectivity index (χ3n) is 7.78. The molecule has 15 heteroatoms. The number of methoxy groups -OCH3 is 2. The van der Waals surface area contributed by atoms with Gasteiger partial charge in [-0.25, -0.2) is 14.8 Å². The maximum absolute atomic E-state index is 12.2. The SMILES string of the molecule is COc1ccc(N2CCOCC2)c2sc(N)nc12.COc1ccc(N2CCOCC2)c2sc(NC(=O)OC3CCOCC3)nc12. The van der Waals surface area contributed by atoms with Crippen LogP contribution < -0.4 is 30.3 Å². The largest absolute Gasteiger partial charge is 0.494 e. The Balaban J connectivity index is 0.000000172. The van der Waals surface area contributed by atoms with Crippen molar-refractivity contribution in [3.8, 4) is 11.5 Å². The van der Waals surface area contributed by atoms with Gasteiger partial charge >= 0.3 is 6.09 Å². The van der Waals surface area contributed by atoms with E-state index in [-0.39, 0.29) is 6.10 Å². The maximum Gasteiger partial charge on any atom is 0.413 e. The van der Waals surface area contributed by atoms with E-state index in [0.717, 1.165) is 84.1 Å². The Kier molecular flexibility index (Phi) is 10.2. The Morgan fingerprint density at radius 3 is 1.87 bits per heavy atom. The lowest BCUT2D eigenvalue weighted by Gasteiger charge is -2.29. The van der Waals surface area contributed by atoms with Crippen molar-refractivity contribution in [2.24, 2.45) is 0 Å². The Bertz CT molecular complexity index is 1600. The van der Waals surface area contributed by atoms with E-state index in [4.69, 9.17) is 34.2 Å². The molecule has 3 fully saturated rings. The number of rotatable bonds is 6. The van der Waals surface area contributed by atoms with Crippen LogP contribution in [0.3, 0.4) is 0 Å². The number of fused-ring (bicyclic) bond motifs is 2. The normalized spacial score (nSPS) is 17.6. The van der Waals surface area contributed by atoms with Crippen LogP contribution in [0, 0.1) is 0 Å². The number of anilines is 4. The molecule has 5 heterocycles. The Labute approximate surface area is 269 Å². The number of hydrogen-bond acceptors (Lipinski definition) is 14. The lowest BCUT2D eigenvalue weighted by atomic mass is 10.2. The molecular weight excluding hydrogens is 620 g/mol. The van der Waals surface area contributed by atoms with Crippen LogP contribution >= 0.6 is 22.7 Å². The predicted octanol–water partition coefficient (Wildman–Crippen LogP) is 4.59. The molecule has 0 unspecified atom stereocenters. The second kappa shape index (κ2) is 14.6. The molecule has 0 spiro atoms. The zero-order chi connectivity index (χ0) is 31.2. The molecule has 45 heavy (non-hydrogen) atoms. The van der Waals surface area contributed by atoms with Crippen LogP contribution in [0.1, 0.15) is 12.8 Å². The highest BCUT2D eigenvalue weighted by Gasteiger charge is 2.22. The second-order valence-corrected chi connectivity index (χ2v) is 12.6. The monoisotopic (exact) mass is 658 g/mol. The van der Waals surface area contributed by atoms with Gasteiger partial charge in [-0.1, -0.05) is 22.7 Å². The molecule has 3 aliphatic heterocycles. The van der Waals surface area contributed by atoms with Gasteiger partial charge in [-0.2, -0.15) is 0 Å². The fourth-order valence-corrected chi connectivity index (χ4v) is 7.41. The van der Waals surface area contributed by atoms with Crippen LogP contribution in [0.5, 0.6) is 11.5 Å². The van der Waals surface area contributed by atoms with Gasteiger partial charge in [0.15, 0.2) is 10.3 Å². The van der Waals surface area contributed by atoms with E-state index in [1.807, 2.05) is 18.2 Å². The van der Waals surface area contributed by atoms with Gasteiger partial charge in [0.25, 0.3) is 0 Å². The summed E-state index contributed by atoms with van der Waals surface area (Å²) in [6, 6.07) is 7.97. The summed E-state index contributed by atoms with van der Waals surface area (Å²) in [6.45, 7) is 7.64. The molecule has 4 aromatic rings. The predicted molar refractivity (Wildman–Crippen MR) is 177 cm³/mol. The third kappa shape index (κ3) is 7.28. The number of nitrogens with two attached hydrogens (primary N) is 1. The van der Waals surface area contributed by atoms with Gasteiger partial charge in [-0.3, -0.25) is 5.32 Å². The van der Waals surface area contributed by atoms with E-state index in [1.165, 1.54) is 28.4 Å². The minimum atomic E-state index is -0.479. The van der Waals surface area contributed by atoms with E-state index in [2.05, 4.69) is 31.2 Å². The first-order valence-electron chi connectivity index (χ1n) is 15.0. The van der Waals surface area contributed by atoms with E-state index in [0.29, 0.717) is 42.4 Å². The van der Waals surface area contributed by atoms with E-state index < -0.39 is 6.09 Å². The number of nitrogens with one attached hydrogen (secondary N) is 1. The summed E-state index contributed by atoms with van der Waals surface area (Å²) in [5, 5.41) is 3.84. The summed E-state index contributed by atoms with van der Waals surface area (Å²) >= 11 is 2.93. The molecule has 0 radical (unpaired) electrons. The molecule has 3 aliphatic rings. The lowest BCUT2D eigenvalue weighted by molar-refractivity contribution is 0.00592. The first-order valence-corrected chi connectivity index (χ1v) is 16.6. The number of morpholine rings is 2. The van der Waals surface area contributed by atoms with E-state index >= 15 is 0 Å². The molecule has 0 bridgehead atoms. The fourth-order valence-electron chi connectivity index (χ4n) is 5.51. The van der Waals surface area contributed by atoms with Gasteiger partial charge in [-0.05, 0) is 24.3 Å². The highest BCUT2D eigenvalue weighted by molar-refractivity contribution is 7.23. The zero-order valence-electron chi connectivity index (χ0n) is 25.4. The number of hydrogen-bond donors (Lipinski definition) is 2. The number of nitrogen functional groups attached to an aromatic ring is 1. The van der Waals surface area contributed by atoms with Gasteiger partial charge in [-0.15, -0.1) is 0 Å². The van der Waals surface area contributed by atoms with Crippen molar-refractivity contribution in [3.05, 3.63) is 24.3 Å². The average molecular weight is 659 g/mol. The molecule has 3 N–H and O–H groups in total. The summed E-state index contributed by atoms with van der Waals surface area (Å²) in [5.74, 6) is 1.46. The molecule has 0 aliphatic carbocycles. The second-order valence-electron chi connectivity index (χ2n) is 10.5.